The number of fused-ring (bicyclic) bond motifs is 1. The number of anilines is 1. The Balaban J connectivity index is 1.81. The number of ether oxygens (including phenoxy) is 1. The lowest BCUT2D eigenvalue weighted by atomic mass is 10.1. The fraction of sp³-hybridized carbons (Fsp3) is 0.286. The van der Waals surface area contributed by atoms with Crippen molar-refractivity contribution in [3.63, 3.8) is 0 Å². The molecule has 2 aromatic carbocycles. The van der Waals surface area contributed by atoms with Gasteiger partial charge in [0.2, 0.25) is 17.0 Å². The summed E-state index contributed by atoms with van der Waals surface area (Å²) in [5.41, 5.74) is 0.763. The Hall–Kier alpha value is -3.02. The lowest BCUT2D eigenvalue weighted by molar-refractivity contribution is 0.370. The molecule has 0 bridgehead atoms. The minimum Gasteiger partial charge on any atom is -0.504 e. The van der Waals surface area contributed by atoms with Gasteiger partial charge in [0.05, 0.1) is 12.5 Å². The molecule has 1 saturated heterocycles. The molecule has 0 radical (unpaired) electrons. The number of phenols is 1. The van der Waals surface area contributed by atoms with E-state index in [0.717, 1.165) is 18.8 Å². The number of halogens is 1. The van der Waals surface area contributed by atoms with Crippen LogP contribution in [0.4, 0.5) is 10.1 Å². The van der Waals surface area contributed by atoms with E-state index in [-0.39, 0.29) is 28.2 Å². The predicted molar refractivity (Wildman–Crippen MR) is 102 cm³/mol. The number of aromatic hydroxyl groups is 1. The molecule has 1 N–H and O–H groups in total. The van der Waals surface area contributed by atoms with Gasteiger partial charge in [-0.2, -0.15) is 4.39 Å². The molecule has 0 amide bonds. The van der Waals surface area contributed by atoms with Crippen LogP contribution in [0.2, 0.25) is 0 Å². The van der Waals surface area contributed by atoms with Crippen molar-refractivity contribution < 1.29 is 18.7 Å². The third kappa shape index (κ3) is 3.01. The van der Waals surface area contributed by atoms with Crippen LogP contribution in [0.3, 0.4) is 0 Å². The molecule has 1 aliphatic heterocycles. The highest BCUT2D eigenvalue weighted by atomic mass is 19.1. The maximum atomic E-state index is 14.7. The second-order valence-corrected chi connectivity index (χ2v) is 6.66. The SMILES string of the molecule is COc1c(O)ccc2c(=O)c(F)c(-c3ccc(N4CCCCC4)cc3)oc12. The third-order valence-corrected chi connectivity index (χ3v) is 4.99. The Morgan fingerprint density at radius 3 is 2.44 bits per heavy atom. The van der Waals surface area contributed by atoms with E-state index in [1.807, 2.05) is 12.1 Å². The minimum atomic E-state index is -0.957. The first-order chi connectivity index (χ1) is 13.1. The first kappa shape index (κ1) is 17.4. The number of phenolic OH excluding ortho intramolecular Hbond substituents is 1. The van der Waals surface area contributed by atoms with Gasteiger partial charge in [0.1, 0.15) is 0 Å². The lowest BCUT2D eigenvalue weighted by Gasteiger charge is -2.28. The van der Waals surface area contributed by atoms with Crippen LogP contribution in [0, 0.1) is 5.82 Å². The van der Waals surface area contributed by atoms with Gasteiger partial charge in [-0.1, -0.05) is 0 Å². The van der Waals surface area contributed by atoms with Crippen molar-refractivity contribution in [2.45, 2.75) is 19.3 Å². The molecule has 3 aromatic rings. The second-order valence-electron chi connectivity index (χ2n) is 6.66. The molecule has 1 aromatic heterocycles. The number of hydrogen-bond acceptors (Lipinski definition) is 5. The lowest BCUT2D eigenvalue weighted by Crippen LogP contribution is -2.29. The fourth-order valence-electron chi connectivity index (χ4n) is 3.56. The smallest absolute Gasteiger partial charge is 0.229 e. The first-order valence-corrected chi connectivity index (χ1v) is 8.98. The maximum absolute atomic E-state index is 14.7. The Morgan fingerprint density at radius 1 is 1.07 bits per heavy atom. The number of rotatable bonds is 3. The monoisotopic (exact) mass is 369 g/mol. The van der Waals surface area contributed by atoms with Gasteiger partial charge in [-0.3, -0.25) is 4.79 Å². The summed E-state index contributed by atoms with van der Waals surface area (Å²) < 4.78 is 25.5. The molecular formula is C21H20FNO4. The molecule has 0 saturated carbocycles. The summed E-state index contributed by atoms with van der Waals surface area (Å²) in [4.78, 5) is 14.7. The van der Waals surface area contributed by atoms with Gasteiger partial charge in [-0.05, 0) is 55.7 Å². The average Bonchev–Trinajstić information content (AvgIpc) is 2.71. The number of piperidine rings is 1. The summed E-state index contributed by atoms with van der Waals surface area (Å²) in [5.74, 6) is -1.29. The van der Waals surface area contributed by atoms with E-state index in [4.69, 9.17) is 9.15 Å². The van der Waals surface area contributed by atoms with Crippen LogP contribution in [0.1, 0.15) is 19.3 Å². The first-order valence-electron chi connectivity index (χ1n) is 8.98. The van der Waals surface area contributed by atoms with Crippen molar-refractivity contribution in [1.29, 1.82) is 0 Å². The number of benzene rings is 2. The van der Waals surface area contributed by atoms with Crippen LogP contribution in [-0.2, 0) is 0 Å². The quantitative estimate of drug-likeness (QED) is 0.746. The van der Waals surface area contributed by atoms with Gasteiger partial charge in [0.15, 0.2) is 17.1 Å². The van der Waals surface area contributed by atoms with Crippen LogP contribution >= 0.6 is 0 Å². The summed E-state index contributed by atoms with van der Waals surface area (Å²) in [6, 6.07) is 9.91. The largest absolute Gasteiger partial charge is 0.504 e. The molecule has 5 nitrogen and oxygen atoms in total. The van der Waals surface area contributed by atoms with Gasteiger partial charge in [0.25, 0.3) is 0 Å². The molecule has 2 heterocycles. The number of methoxy groups -OCH3 is 1. The Labute approximate surface area is 155 Å². The van der Waals surface area contributed by atoms with Gasteiger partial charge in [0, 0.05) is 24.3 Å². The number of hydrogen-bond donors (Lipinski definition) is 1. The zero-order valence-electron chi connectivity index (χ0n) is 15.0. The minimum absolute atomic E-state index is 0.00999. The van der Waals surface area contributed by atoms with Crippen LogP contribution in [0.15, 0.2) is 45.6 Å². The Bertz CT molecular complexity index is 1040. The molecular weight excluding hydrogens is 349 g/mol. The van der Waals surface area contributed by atoms with Crippen molar-refractivity contribution in [3.8, 4) is 22.8 Å². The van der Waals surface area contributed by atoms with E-state index < -0.39 is 11.2 Å². The van der Waals surface area contributed by atoms with Gasteiger partial charge < -0.3 is 19.2 Å². The standard InChI is InChI=1S/C21H20FNO4/c1-26-21-16(24)10-9-15-18(25)17(22)19(27-20(15)21)13-5-7-14(8-6-13)23-11-3-2-4-12-23/h5-10,24H,2-4,11-12H2,1H3. The van der Waals surface area contributed by atoms with Gasteiger partial charge in [-0.25, -0.2) is 0 Å². The average molecular weight is 369 g/mol. The molecule has 0 aliphatic carbocycles. The van der Waals surface area contributed by atoms with E-state index >= 15 is 0 Å². The van der Waals surface area contributed by atoms with Crippen molar-refractivity contribution in [2.24, 2.45) is 0 Å². The van der Waals surface area contributed by atoms with Gasteiger partial charge >= 0.3 is 0 Å². The zero-order chi connectivity index (χ0) is 19.0. The molecule has 1 aliphatic rings. The molecule has 6 heteroatoms. The van der Waals surface area contributed by atoms with Crippen LogP contribution in [0.5, 0.6) is 11.5 Å². The highest BCUT2D eigenvalue weighted by Gasteiger charge is 2.20. The normalized spacial score (nSPS) is 14.5. The van der Waals surface area contributed by atoms with Crippen molar-refractivity contribution in [2.75, 3.05) is 25.1 Å². The van der Waals surface area contributed by atoms with E-state index in [9.17, 15) is 14.3 Å². The summed E-state index contributed by atoms with van der Waals surface area (Å²) in [6.07, 6.45) is 3.58. The van der Waals surface area contributed by atoms with Crippen LogP contribution in [0.25, 0.3) is 22.3 Å². The van der Waals surface area contributed by atoms with Crippen LogP contribution < -0.4 is 15.1 Å². The summed E-state index contributed by atoms with van der Waals surface area (Å²) in [5, 5.41) is 9.95. The molecule has 0 unspecified atom stereocenters. The van der Waals surface area contributed by atoms with Crippen molar-refractivity contribution >= 4 is 16.7 Å². The molecule has 0 atom stereocenters. The van der Waals surface area contributed by atoms with Crippen LogP contribution in [-0.4, -0.2) is 25.3 Å². The third-order valence-electron chi connectivity index (χ3n) is 4.99. The zero-order valence-corrected chi connectivity index (χ0v) is 15.0. The molecule has 0 spiro atoms. The predicted octanol–water partition coefficient (Wildman–Crippen LogP) is 4.30. The summed E-state index contributed by atoms with van der Waals surface area (Å²) in [7, 11) is 1.35. The highest BCUT2D eigenvalue weighted by molar-refractivity contribution is 5.86. The molecule has 4 rings (SSSR count). The molecule has 140 valence electrons. The van der Waals surface area contributed by atoms with Gasteiger partial charge in [-0.15, -0.1) is 0 Å². The van der Waals surface area contributed by atoms with Crippen molar-refractivity contribution in [1.82, 2.24) is 0 Å². The Morgan fingerprint density at radius 2 is 1.78 bits per heavy atom. The van der Waals surface area contributed by atoms with Crippen molar-refractivity contribution in [3.05, 3.63) is 52.4 Å². The van der Waals surface area contributed by atoms with E-state index in [2.05, 4.69) is 4.90 Å². The highest BCUT2D eigenvalue weighted by Crippen LogP contribution is 2.36. The summed E-state index contributed by atoms with van der Waals surface area (Å²) in [6.45, 7) is 2.02. The number of nitrogens with zero attached hydrogens (tertiary/aromatic N) is 1. The van der Waals surface area contributed by atoms with E-state index in [0.29, 0.717) is 5.56 Å². The summed E-state index contributed by atoms with van der Waals surface area (Å²) >= 11 is 0. The van der Waals surface area contributed by atoms with E-state index in [1.165, 1.54) is 38.5 Å². The molecule has 27 heavy (non-hydrogen) atoms. The second kappa shape index (κ2) is 6.95. The van der Waals surface area contributed by atoms with E-state index in [1.54, 1.807) is 12.1 Å². The topological polar surface area (TPSA) is 62.9 Å². The Kier molecular flexibility index (Phi) is 4.48. The maximum Gasteiger partial charge on any atom is 0.229 e. The fourth-order valence-corrected chi connectivity index (χ4v) is 3.56. The molecule has 1 fully saturated rings.